The van der Waals surface area contributed by atoms with Gasteiger partial charge < -0.3 is 9.64 Å². The van der Waals surface area contributed by atoms with Gasteiger partial charge in [-0.3, -0.25) is 4.79 Å². The SMILES string of the molecule is O=C(c1nnc2sc(-c3ccccc3F)nn12)N1CCOCC1. The van der Waals surface area contributed by atoms with Crippen LogP contribution in [0.4, 0.5) is 4.39 Å². The standard InChI is InChI=1S/C14H12FN5O2S/c15-10-4-2-1-3-9(10)12-18-20-11(16-17-14(20)23-12)13(21)19-5-7-22-8-6-19/h1-4H,5-8H2. The van der Waals surface area contributed by atoms with Crippen LogP contribution in [-0.4, -0.2) is 56.9 Å². The van der Waals surface area contributed by atoms with E-state index in [-0.39, 0.29) is 17.5 Å². The maximum atomic E-state index is 13.9. The number of halogens is 1. The third-order valence-corrected chi connectivity index (χ3v) is 4.52. The molecule has 1 saturated heterocycles. The van der Waals surface area contributed by atoms with Gasteiger partial charge in [0.1, 0.15) is 5.82 Å². The summed E-state index contributed by atoms with van der Waals surface area (Å²) in [6.45, 7) is 2.03. The number of carbonyl (C=O) groups is 1. The molecule has 0 atom stereocenters. The molecule has 0 saturated carbocycles. The van der Waals surface area contributed by atoms with E-state index in [0.717, 1.165) is 0 Å². The Morgan fingerprint density at radius 1 is 1.22 bits per heavy atom. The highest BCUT2D eigenvalue weighted by molar-refractivity contribution is 7.19. The molecule has 4 rings (SSSR count). The van der Waals surface area contributed by atoms with E-state index < -0.39 is 0 Å². The van der Waals surface area contributed by atoms with E-state index in [1.807, 2.05) is 0 Å². The van der Waals surface area contributed by atoms with Gasteiger partial charge in [0, 0.05) is 18.7 Å². The number of nitrogens with zero attached hydrogens (tertiary/aromatic N) is 5. The summed E-state index contributed by atoms with van der Waals surface area (Å²) in [5, 5.41) is 12.7. The number of ether oxygens (including phenoxy) is 1. The van der Waals surface area contributed by atoms with Crippen molar-refractivity contribution >= 4 is 22.2 Å². The molecule has 0 unspecified atom stereocenters. The van der Waals surface area contributed by atoms with Crippen LogP contribution in [0.5, 0.6) is 0 Å². The fourth-order valence-electron chi connectivity index (χ4n) is 2.40. The number of amides is 1. The van der Waals surface area contributed by atoms with E-state index in [1.165, 1.54) is 21.9 Å². The zero-order chi connectivity index (χ0) is 15.8. The minimum Gasteiger partial charge on any atom is -0.378 e. The molecule has 23 heavy (non-hydrogen) atoms. The molecule has 3 heterocycles. The van der Waals surface area contributed by atoms with E-state index in [4.69, 9.17) is 4.74 Å². The van der Waals surface area contributed by atoms with Gasteiger partial charge in [-0.25, -0.2) is 4.39 Å². The number of benzene rings is 1. The Balaban J connectivity index is 1.72. The minimum absolute atomic E-state index is 0.140. The summed E-state index contributed by atoms with van der Waals surface area (Å²) in [6, 6.07) is 6.37. The molecule has 0 N–H and O–H groups in total. The number of carbonyl (C=O) groups excluding carboxylic acids is 1. The maximum Gasteiger partial charge on any atom is 0.293 e. The molecule has 1 fully saturated rings. The van der Waals surface area contributed by atoms with Gasteiger partial charge in [-0.2, -0.15) is 9.61 Å². The Bertz CT molecular complexity index is 871. The summed E-state index contributed by atoms with van der Waals surface area (Å²) < 4.78 is 20.5. The third kappa shape index (κ3) is 2.47. The Morgan fingerprint density at radius 3 is 2.78 bits per heavy atom. The molecule has 2 aromatic heterocycles. The van der Waals surface area contributed by atoms with Crippen molar-refractivity contribution < 1.29 is 13.9 Å². The summed E-state index contributed by atoms with van der Waals surface area (Å²) in [5.74, 6) is -0.467. The molecule has 0 bridgehead atoms. The lowest BCUT2D eigenvalue weighted by molar-refractivity contribution is 0.0293. The van der Waals surface area contributed by atoms with Crippen molar-refractivity contribution in [3.05, 3.63) is 35.9 Å². The third-order valence-electron chi connectivity index (χ3n) is 3.58. The van der Waals surface area contributed by atoms with Gasteiger partial charge in [0.05, 0.1) is 13.2 Å². The smallest absolute Gasteiger partial charge is 0.293 e. The second-order valence-corrected chi connectivity index (χ2v) is 5.97. The van der Waals surface area contributed by atoms with Crippen molar-refractivity contribution in [3.8, 4) is 10.6 Å². The average Bonchev–Trinajstić information content (AvgIpc) is 3.16. The van der Waals surface area contributed by atoms with Crippen molar-refractivity contribution in [1.29, 1.82) is 0 Å². The molecule has 118 valence electrons. The quantitative estimate of drug-likeness (QED) is 0.710. The van der Waals surface area contributed by atoms with Crippen LogP contribution in [0, 0.1) is 5.82 Å². The molecule has 1 amide bonds. The minimum atomic E-state index is -0.362. The van der Waals surface area contributed by atoms with E-state index in [0.29, 0.717) is 41.8 Å². The first-order chi connectivity index (χ1) is 11.2. The molecule has 7 nitrogen and oxygen atoms in total. The lowest BCUT2D eigenvalue weighted by atomic mass is 10.2. The van der Waals surface area contributed by atoms with Crippen LogP contribution in [-0.2, 0) is 4.74 Å². The van der Waals surface area contributed by atoms with E-state index in [1.54, 1.807) is 23.1 Å². The topological polar surface area (TPSA) is 72.6 Å². The normalized spacial score (nSPS) is 15.3. The van der Waals surface area contributed by atoms with Crippen LogP contribution in [0.25, 0.3) is 15.5 Å². The average molecular weight is 333 g/mol. The second-order valence-electron chi connectivity index (χ2n) is 5.01. The molecule has 0 radical (unpaired) electrons. The van der Waals surface area contributed by atoms with Gasteiger partial charge in [-0.1, -0.05) is 23.5 Å². The summed E-state index contributed by atoms with van der Waals surface area (Å²) in [6.07, 6.45) is 0. The highest BCUT2D eigenvalue weighted by Gasteiger charge is 2.25. The molecule has 1 aromatic carbocycles. The molecular formula is C14H12FN5O2S. The predicted molar refractivity (Wildman–Crippen MR) is 80.8 cm³/mol. The summed E-state index contributed by atoms with van der Waals surface area (Å²) in [5.41, 5.74) is 0.382. The zero-order valence-corrected chi connectivity index (χ0v) is 12.8. The first-order valence-corrected chi connectivity index (χ1v) is 7.90. The van der Waals surface area contributed by atoms with Crippen LogP contribution < -0.4 is 0 Å². The van der Waals surface area contributed by atoms with Crippen molar-refractivity contribution in [2.45, 2.75) is 0 Å². The van der Waals surface area contributed by atoms with Crippen molar-refractivity contribution in [1.82, 2.24) is 24.7 Å². The summed E-state index contributed by atoms with van der Waals surface area (Å²) >= 11 is 1.19. The first-order valence-electron chi connectivity index (χ1n) is 7.08. The number of morpholine rings is 1. The van der Waals surface area contributed by atoms with Gasteiger partial charge in [0.2, 0.25) is 10.8 Å². The molecule has 1 aliphatic rings. The van der Waals surface area contributed by atoms with E-state index >= 15 is 0 Å². The Morgan fingerprint density at radius 2 is 2.00 bits per heavy atom. The number of hydrogen-bond donors (Lipinski definition) is 0. The molecule has 0 aliphatic carbocycles. The highest BCUT2D eigenvalue weighted by Crippen LogP contribution is 2.27. The lowest BCUT2D eigenvalue weighted by Gasteiger charge is -2.25. The fourth-order valence-corrected chi connectivity index (χ4v) is 3.27. The van der Waals surface area contributed by atoms with Crippen LogP contribution in [0.2, 0.25) is 0 Å². The Kier molecular flexibility index (Phi) is 3.50. The lowest BCUT2D eigenvalue weighted by Crippen LogP contribution is -2.41. The number of rotatable bonds is 2. The van der Waals surface area contributed by atoms with Crippen LogP contribution >= 0.6 is 11.3 Å². The fraction of sp³-hybridized carbons (Fsp3) is 0.286. The zero-order valence-electron chi connectivity index (χ0n) is 12.0. The van der Waals surface area contributed by atoms with Crippen LogP contribution in [0.3, 0.4) is 0 Å². The van der Waals surface area contributed by atoms with Crippen LogP contribution in [0.1, 0.15) is 10.6 Å². The Hall–Kier alpha value is -2.39. The monoisotopic (exact) mass is 333 g/mol. The van der Waals surface area contributed by atoms with Crippen molar-refractivity contribution in [2.75, 3.05) is 26.3 Å². The number of aromatic nitrogens is 4. The van der Waals surface area contributed by atoms with Gasteiger partial charge in [-0.15, -0.1) is 10.2 Å². The highest BCUT2D eigenvalue weighted by atomic mass is 32.1. The summed E-state index contributed by atoms with van der Waals surface area (Å²) in [4.78, 5) is 14.6. The number of fused-ring (bicyclic) bond motifs is 1. The van der Waals surface area contributed by atoms with Crippen molar-refractivity contribution in [3.63, 3.8) is 0 Å². The van der Waals surface area contributed by atoms with Crippen molar-refractivity contribution in [2.24, 2.45) is 0 Å². The molecular weight excluding hydrogens is 321 g/mol. The largest absolute Gasteiger partial charge is 0.378 e. The van der Waals surface area contributed by atoms with Crippen LogP contribution in [0.15, 0.2) is 24.3 Å². The summed E-state index contributed by atoms with van der Waals surface area (Å²) in [7, 11) is 0. The van der Waals surface area contributed by atoms with Gasteiger partial charge >= 0.3 is 0 Å². The maximum absolute atomic E-state index is 13.9. The first kappa shape index (κ1) is 14.2. The van der Waals surface area contributed by atoms with E-state index in [2.05, 4.69) is 15.3 Å². The molecule has 0 spiro atoms. The second kappa shape index (κ2) is 5.67. The molecule has 9 heteroatoms. The molecule has 1 aliphatic heterocycles. The van der Waals surface area contributed by atoms with Gasteiger partial charge in [0.15, 0.2) is 5.01 Å². The van der Waals surface area contributed by atoms with E-state index in [9.17, 15) is 9.18 Å². The number of hydrogen-bond acceptors (Lipinski definition) is 6. The van der Waals surface area contributed by atoms with Gasteiger partial charge in [0.25, 0.3) is 5.91 Å². The predicted octanol–water partition coefficient (Wildman–Crippen LogP) is 1.46. The van der Waals surface area contributed by atoms with Gasteiger partial charge in [-0.05, 0) is 12.1 Å². The molecule has 3 aromatic rings. The Labute approximate surface area is 134 Å².